The Morgan fingerprint density at radius 2 is 1.61 bits per heavy atom. The number of aliphatic imine (C=N–C) groups is 1. The van der Waals surface area contributed by atoms with Crippen molar-refractivity contribution in [2.24, 2.45) is 4.99 Å². The standard InChI is InChI=1S/C20H28N4O3S/c1-5-21-20(22-14-16-6-10-18(27-4)11-7-16)23-15-17-8-12-19(13-9-17)28(25,26)24(2)3/h6-13H,5,14-15H2,1-4H3,(H2,21,22,23). The first kappa shape index (κ1) is 21.7. The zero-order valence-corrected chi connectivity index (χ0v) is 17.6. The molecule has 0 spiro atoms. The van der Waals surface area contributed by atoms with E-state index < -0.39 is 10.0 Å². The van der Waals surface area contributed by atoms with E-state index >= 15 is 0 Å². The molecule has 0 amide bonds. The van der Waals surface area contributed by atoms with Gasteiger partial charge in [-0.05, 0) is 42.3 Å². The summed E-state index contributed by atoms with van der Waals surface area (Å²) in [6, 6.07) is 14.6. The smallest absolute Gasteiger partial charge is 0.242 e. The Labute approximate surface area is 167 Å². The highest BCUT2D eigenvalue weighted by Gasteiger charge is 2.16. The van der Waals surface area contributed by atoms with Crippen molar-refractivity contribution in [2.45, 2.75) is 24.9 Å². The van der Waals surface area contributed by atoms with E-state index in [2.05, 4.69) is 15.6 Å². The van der Waals surface area contributed by atoms with Crippen LogP contribution >= 0.6 is 0 Å². The Morgan fingerprint density at radius 3 is 2.14 bits per heavy atom. The number of rotatable bonds is 8. The van der Waals surface area contributed by atoms with Crippen molar-refractivity contribution in [2.75, 3.05) is 27.7 Å². The van der Waals surface area contributed by atoms with Crippen LogP contribution < -0.4 is 15.4 Å². The lowest BCUT2D eigenvalue weighted by Crippen LogP contribution is -2.36. The van der Waals surface area contributed by atoms with Crippen LogP contribution in [0.5, 0.6) is 5.75 Å². The minimum absolute atomic E-state index is 0.279. The zero-order chi connectivity index (χ0) is 20.6. The molecule has 2 aromatic carbocycles. The number of sulfonamides is 1. The van der Waals surface area contributed by atoms with Gasteiger partial charge in [0.1, 0.15) is 5.75 Å². The number of benzene rings is 2. The summed E-state index contributed by atoms with van der Waals surface area (Å²) in [7, 11) is 1.27. The summed E-state index contributed by atoms with van der Waals surface area (Å²) >= 11 is 0. The van der Waals surface area contributed by atoms with Gasteiger partial charge in [-0.1, -0.05) is 24.3 Å². The topological polar surface area (TPSA) is 83.0 Å². The second kappa shape index (κ2) is 10.1. The fourth-order valence-corrected chi connectivity index (χ4v) is 3.32. The van der Waals surface area contributed by atoms with Crippen LogP contribution in [0.4, 0.5) is 0 Å². The third kappa shape index (κ3) is 5.97. The Hall–Kier alpha value is -2.58. The highest BCUT2D eigenvalue weighted by molar-refractivity contribution is 7.89. The highest BCUT2D eigenvalue weighted by atomic mass is 32.2. The van der Waals surface area contributed by atoms with E-state index in [1.807, 2.05) is 31.2 Å². The molecular formula is C20H28N4O3S. The molecule has 0 radical (unpaired) electrons. The van der Waals surface area contributed by atoms with Gasteiger partial charge in [0.15, 0.2) is 5.96 Å². The molecule has 28 heavy (non-hydrogen) atoms. The molecule has 8 heteroatoms. The molecule has 0 fully saturated rings. The highest BCUT2D eigenvalue weighted by Crippen LogP contribution is 2.14. The van der Waals surface area contributed by atoms with Crippen LogP contribution in [-0.4, -0.2) is 46.4 Å². The molecule has 0 atom stereocenters. The monoisotopic (exact) mass is 404 g/mol. The molecule has 2 N–H and O–H groups in total. The third-order valence-electron chi connectivity index (χ3n) is 4.08. The molecule has 0 saturated carbocycles. The van der Waals surface area contributed by atoms with Crippen LogP contribution in [0.3, 0.4) is 0 Å². The lowest BCUT2D eigenvalue weighted by molar-refractivity contribution is 0.414. The number of guanidine groups is 1. The molecule has 7 nitrogen and oxygen atoms in total. The lowest BCUT2D eigenvalue weighted by atomic mass is 10.2. The van der Waals surface area contributed by atoms with Gasteiger partial charge in [0.2, 0.25) is 10.0 Å². The Kier molecular flexibility index (Phi) is 7.83. The molecule has 2 rings (SSSR count). The molecule has 0 unspecified atom stereocenters. The first-order valence-electron chi connectivity index (χ1n) is 9.03. The van der Waals surface area contributed by atoms with Crippen molar-refractivity contribution in [3.8, 4) is 5.75 Å². The van der Waals surface area contributed by atoms with Crippen LogP contribution in [0, 0.1) is 0 Å². The predicted octanol–water partition coefficient (Wildman–Crippen LogP) is 2.20. The summed E-state index contributed by atoms with van der Waals surface area (Å²) in [6.07, 6.45) is 0. The van der Waals surface area contributed by atoms with Gasteiger partial charge in [-0.25, -0.2) is 17.7 Å². The maximum atomic E-state index is 12.1. The number of hydrogen-bond acceptors (Lipinski definition) is 4. The van der Waals surface area contributed by atoms with Gasteiger partial charge in [0.05, 0.1) is 18.6 Å². The number of methoxy groups -OCH3 is 1. The SMILES string of the molecule is CCNC(=NCc1ccc(OC)cc1)NCc1ccc(S(=O)(=O)N(C)C)cc1. The average molecular weight is 405 g/mol. The number of nitrogens with zero attached hydrogens (tertiary/aromatic N) is 2. The zero-order valence-electron chi connectivity index (χ0n) is 16.8. The third-order valence-corrected chi connectivity index (χ3v) is 5.91. The predicted molar refractivity (Wildman–Crippen MR) is 112 cm³/mol. The molecule has 0 saturated heterocycles. The first-order chi connectivity index (χ1) is 13.4. The minimum atomic E-state index is -3.41. The molecule has 0 aliphatic rings. The van der Waals surface area contributed by atoms with Crippen molar-refractivity contribution in [3.05, 3.63) is 59.7 Å². The quantitative estimate of drug-likeness (QED) is 0.521. The molecule has 2 aromatic rings. The molecule has 0 aliphatic carbocycles. The second-order valence-electron chi connectivity index (χ2n) is 6.33. The van der Waals surface area contributed by atoms with Crippen LogP contribution in [0.15, 0.2) is 58.4 Å². The van der Waals surface area contributed by atoms with E-state index in [4.69, 9.17) is 4.74 Å². The van der Waals surface area contributed by atoms with E-state index in [0.29, 0.717) is 19.0 Å². The van der Waals surface area contributed by atoms with Gasteiger partial charge in [-0.3, -0.25) is 0 Å². The summed E-state index contributed by atoms with van der Waals surface area (Å²) in [5.41, 5.74) is 2.05. The Bertz CT molecular complexity index is 877. The molecular weight excluding hydrogens is 376 g/mol. The van der Waals surface area contributed by atoms with Gasteiger partial charge in [-0.2, -0.15) is 0 Å². The van der Waals surface area contributed by atoms with E-state index in [1.165, 1.54) is 18.4 Å². The number of nitrogens with one attached hydrogen (secondary N) is 2. The summed E-state index contributed by atoms with van der Waals surface area (Å²) in [5.74, 6) is 1.51. The van der Waals surface area contributed by atoms with E-state index in [9.17, 15) is 8.42 Å². The van der Waals surface area contributed by atoms with E-state index in [-0.39, 0.29) is 4.90 Å². The van der Waals surface area contributed by atoms with Crippen molar-refractivity contribution in [1.82, 2.24) is 14.9 Å². The summed E-state index contributed by atoms with van der Waals surface area (Å²) < 4.78 is 30.6. The van der Waals surface area contributed by atoms with Gasteiger partial charge in [0.25, 0.3) is 0 Å². The van der Waals surface area contributed by atoms with Crippen LogP contribution in [-0.2, 0) is 23.1 Å². The Morgan fingerprint density at radius 1 is 1.00 bits per heavy atom. The van der Waals surface area contributed by atoms with Crippen LogP contribution in [0.25, 0.3) is 0 Å². The summed E-state index contributed by atoms with van der Waals surface area (Å²) in [5, 5.41) is 6.47. The van der Waals surface area contributed by atoms with Crippen molar-refractivity contribution < 1.29 is 13.2 Å². The van der Waals surface area contributed by atoms with Crippen molar-refractivity contribution >= 4 is 16.0 Å². The van der Waals surface area contributed by atoms with E-state index in [1.54, 1.807) is 31.4 Å². The van der Waals surface area contributed by atoms with Crippen LogP contribution in [0.1, 0.15) is 18.1 Å². The molecule has 152 valence electrons. The second-order valence-corrected chi connectivity index (χ2v) is 8.48. The van der Waals surface area contributed by atoms with Gasteiger partial charge >= 0.3 is 0 Å². The molecule has 0 aromatic heterocycles. The number of hydrogen-bond donors (Lipinski definition) is 2. The normalized spacial score (nSPS) is 12.1. The van der Waals surface area contributed by atoms with Crippen molar-refractivity contribution in [3.63, 3.8) is 0 Å². The lowest BCUT2D eigenvalue weighted by Gasteiger charge is -2.13. The summed E-state index contributed by atoms with van der Waals surface area (Å²) in [4.78, 5) is 4.86. The van der Waals surface area contributed by atoms with Crippen LogP contribution in [0.2, 0.25) is 0 Å². The largest absolute Gasteiger partial charge is 0.497 e. The van der Waals surface area contributed by atoms with Gasteiger partial charge < -0.3 is 15.4 Å². The molecule has 0 aliphatic heterocycles. The van der Waals surface area contributed by atoms with E-state index in [0.717, 1.165) is 23.4 Å². The summed E-state index contributed by atoms with van der Waals surface area (Å²) in [6.45, 7) is 3.83. The molecule has 0 bridgehead atoms. The maximum absolute atomic E-state index is 12.1. The number of ether oxygens (including phenoxy) is 1. The maximum Gasteiger partial charge on any atom is 0.242 e. The Balaban J connectivity index is 2.00. The van der Waals surface area contributed by atoms with Gasteiger partial charge in [-0.15, -0.1) is 0 Å². The molecule has 0 heterocycles. The minimum Gasteiger partial charge on any atom is -0.497 e. The van der Waals surface area contributed by atoms with Crippen molar-refractivity contribution in [1.29, 1.82) is 0 Å². The fourth-order valence-electron chi connectivity index (χ4n) is 2.42. The first-order valence-corrected chi connectivity index (χ1v) is 10.5. The van der Waals surface area contributed by atoms with Gasteiger partial charge in [0, 0.05) is 27.2 Å². The average Bonchev–Trinajstić information content (AvgIpc) is 2.70. The fraction of sp³-hybridized carbons (Fsp3) is 0.350.